The molecule has 0 aromatic heterocycles. The molecule has 10 aromatic carbocycles. The zero-order valence-corrected chi connectivity index (χ0v) is 32.0. The molecule has 0 bridgehead atoms. The van der Waals surface area contributed by atoms with Gasteiger partial charge in [0.15, 0.2) is 0 Å². The minimum Gasteiger partial charge on any atom is -0.456 e. The van der Waals surface area contributed by atoms with Crippen molar-refractivity contribution in [1.82, 2.24) is 0 Å². The molecule has 1 nitrogen and oxygen atoms in total. The molecule has 0 N–H and O–H groups in total. The minimum absolute atomic E-state index is 0.453. The molecule has 1 heterocycles. The summed E-state index contributed by atoms with van der Waals surface area (Å²) in [5.74, 6) is 1.85. The second-order valence-electron chi connectivity index (χ2n) is 16.6. The van der Waals surface area contributed by atoms with E-state index in [1.807, 2.05) is 0 Å². The summed E-state index contributed by atoms with van der Waals surface area (Å²) in [6.07, 6.45) is 0. The van der Waals surface area contributed by atoms with E-state index in [2.05, 4.69) is 206 Å². The standard InChI is InChI=1S/C58H34O/c1-2-22-43-37(17-1)44(34-53-56(43)59-54-30-12-11-28-51(54)58(53)46-24-7-3-18-38(46)39-19-4-8-25-47(39)58)36-31-32-50-45(33-36)41-21-6-10-27-49(41)57(50)48-26-9-5-20-40(48)42-23-13-15-35-16-14-29-52(57)55(35)42/h1-34H. The lowest BCUT2D eigenvalue weighted by atomic mass is 9.61. The van der Waals surface area contributed by atoms with Crippen LogP contribution in [-0.4, -0.2) is 0 Å². The van der Waals surface area contributed by atoms with E-state index in [9.17, 15) is 0 Å². The van der Waals surface area contributed by atoms with Crippen LogP contribution in [0.5, 0.6) is 11.5 Å². The first kappa shape index (κ1) is 31.6. The van der Waals surface area contributed by atoms with Gasteiger partial charge in [-0.05, 0) is 112 Å². The molecule has 4 aliphatic rings. The van der Waals surface area contributed by atoms with Gasteiger partial charge in [-0.2, -0.15) is 0 Å². The fourth-order valence-electron chi connectivity index (χ4n) is 12.0. The molecule has 1 unspecified atom stereocenters. The van der Waals surface area contributed by atoms with Gasteiger partial charge in [0.1, 0.15) is 11.5 Å². The highest BCUT2D eigenvalue weighted by molar-refractivity contribution is 6.08. The van der Waals surface area contributed by atoms with Crippen molar-refractivity contribution in [3.63, 3.8) is 0 Å². The van der Waals surface area contributed by atoms with E-state index in [1.165, 1.54) is 105 Å². The summed E-state index contributed by atoms with van der Waals surface area (Å²) in [7, 11) is 0. The molecular formula is C58H34O. The van der Waals surface area contributed by atoms with Crippen LogP contribution >= 0.6 is 0 Å². The van der Waals surface area contributed by atoms with Crippen molar-refractivity contribution in [3.05, 3.63) is 251 Å². The second kappa shape index (κ2) is 11.1. The second-order valence-corrected chi connectivity index (χ2v) is 16.6. The molecule has 1 atom stereocenters. The fourth-order valence-corrected chi connectivity index (χ4v) is 12.0. The van der Waals surface area contributed by atoms with Crippen molar-refractivity contribution in [3.8, 4) is 56.0 Å². The van der Waals surface area contributed by atoms with Gasteiger partial charge in [0.25, 0.3) is 0 Å². The molecule has 1 aliphatic heterocycles. The average molecular weight is 747 g/mol. The summed E-state index contributed by atoms with van der Waals surface area (Å²) >= 11 is 0. The van der Waals surface area contributed by atoms with Crippen molar-refractivity contribution in [2.24, 2.45) is 0 Å². The fraction of sp³-hybridized carbons (Fsp3) is 0.0345. The molecule has 0 amide bonds. The lowest BCUT2D eigenvalue weighted by Gasteiger charge is -2.40. The Morgan fingerprint density at radius 2 is 0.763 bits per heavy atom. The summed E-state index contributed by atoms with van der Waals surface area (Å²) < 4.78 is 7.08. The predicted molar refractivity (Wildman–Crippen MR) is 241 cm³/mol. The van der Waals surface area contributed by atoms with Crippen LogP contribution in [0, 0.1) is 0 Å². The predicted octanol–water partition coefficient (Wildman–Crippen LogP) is 14.5. The number of hydrogen-bond acceptors (Lipinski definition) is 1. The number of fused-ring (bicyclic) bond motifs is 20. The van der Waals surface area contributed by atoms with Gasteiger partial charge in [-0.15, -0.1) is 0 Å². The number of benzene rings is 10. The maximum Gasteiger partial charge on any atom is 0.140 e. The van der Waals surface area contributed by atoms with Gasteiger partial charge < -0.3 is 4.74 Å². The first-order chi connectivity index (χ1) is 29.3. The van der Waals surface area contributed by atoms with Crippen molar-refractivity contribution < 1.29 is 4.74 Å². The van der Waals surface area contributed by atoms with Crippen molar-refractivity contribution in [2.45, 2.75) is 10.8 Å². The van der Waals surface area contributed by atoms with Gasteiger partial charge in [-0.3, -0.25) is 0 Å². The van der Waals surface area contributed by atoms with Gasteiger partial charge in [-0.1, -0.05) is 188 Å². The summed E-state index contributed by atoms with van der Waals surface area (Å²) in [6.45, 7) is 0. The Balaban J connectivity index is 1.08. The molecule has 0 saturated heterocycles. The monoisotopic (exact) mass is 746 g/mol. The Bertz CT molecular complexity index is 3450. The van der Waals surface area contributed by atoms with Crippen molar-refractivity contribution in [2.75, 3.05) is 0 Å². The van der Waals surface area contributed by atoms with Crippen LogP contribution in [-0.2, 0) is 10.8 Å². The number of hydrogen-bond donors (Lipinski definition) is 0. The van der Waals surface area contributed by atoms with Crippen LogP contribution in [0.25, 0.3) is 66.1 Å². The van der Waals surface area contributed by atoms with Crippen LogP contribution in [0.4, 0.5) is 0 Å². The number of ether oxygens (including phenoxy) is 1. The maximum absolute atomic E-state index is 7.08. The molecule has 1 heteroatoms. The van der Waals surface area contributed by atoms with E-state index >= 15 is 0 Å². The smallest absolute Gasteiger partial charge is 0.140 e. The topological polar surface area (TPSA) is 9.23 Å². The van der Waals surface area contributed by atoms with Crippen LogP contribution in [0.3, 0.4) is 0 Å². The first-order valence-electron chi connectivity index (χ1n) is 20.7. The van der Waals surface area contributed by atoms with Crippen LogP contribution in [0.15, 0.2) is 206 Å². The maximum atomic E-state index is 7.08. The molecule has 10 aromatic rings. The number of rotatable bonds is 1. The summed E-state index contributed by atoms with van der Waals surface area (Å²) in [5.41, 5.74) is 19.5. The average Bonchev–Trinajstić information content (AvgIpc) is 3.76. The lowest BCUT2D eigenvalue weighted by molar-refractivity contribution is 0.442. The van der Waals surface area contributed by atoms with E-state index in [0.29, 0.717) is 0 Å². The quantitative estimate of drug-likeness (QED) is 0.163. The molecule has 59 heavy (non-hydrogen) atoms. The van der Waals surface area contributed by atoms with Gasteiger partial charge in [0, 0.05) is 16.5 Å². The molecule has 0 radical (unpaired) electrons. The SMILES string of the molecule is c1ccc2c(c1)Oc1c(cc(-c3ccc4c(c3)-c3ccccc3C43c4ccccc4-c4cccc5cccc3c45)c3ccccc13)C21c2ccccc2-c2ccccc21. The Morgan fingerprint density at radius 3 is 1.44 bits per heavy atom. The molecule has 0 saturated carbocycles. The molecule has 14 rings (SSSR count). The van der Waals surface area contributed by atoms with Gasteiger partial charge >= 0.3 is 0 Å². The first-order valence-corrected chi connectivity index (χ1v) is 20.7. The minimum atomic E-state index is -0.554. The Labute approximate surface area is 342 Å². The molecule has 2 spiro atoms. The number of para-hydroxylation sites is 1. The molecule has 3 aliphatic carbocycles. The van der Waals surface area contributed by atoms with Crippen LogP contribution in [0.1, 0.15) is 44.5 Å². The van der Waals surface area contributed by atoms with Gasteiger partial charge in [-0.25, -0.2) is 0 Å². The van der Waals surface area contributed by atoms with E-state index < -0.39 is 10.8 Å². The third kappa shape index (κ3) is 3.69. The zero-order valence-electron chi connectivity index (χ0n) is 32.0. The highest BCUT2D eigenvalue weighted by Crippen LogP contribution is 2.65. The molecule has 272 valence electrons. The largest absolute Gasteiger partial charge is 0.456 e. The molecule has 0 fully saturated rings. The highest BCUT2D eigenvalue weighted by atomic mass is 16.5. The van der Waals surface area contributed by atoms with Gasteiger partial charge in [0.2, 0.25) is 0 Å². The van der Waals surface area contributed by atoms with Gasteiger partial charge in [0.05, 0.1) is 10.8 Å². The van der Waals surface area contributed by atoms with E-state index in [-0.39, 0.29) is 0 Å². The summed E-state index contributed by atoms with van der Waals surface area (Å²) in [4.78, 5) is 0. The third-order valence-electron chi connectivity index (χ3n) is 14.1. The summed E-state index contributed by atoms with van der Waals surface area (Å²) in [6, 6.07) is 77.3. The van der Waals surface area contributed by atoms with E-state index in [1.54, 1.807) is 0 Å². The van der Waals surface area contributed by atoms with Crippen molar-refractivity contribution >= 4 is 21.5 Å². The third-order valence-corrected chi connectivity index (χ3v) is 14.1. The summed E-state index contributed by atoms with van der Waals surface area (Å²) in [5, 5.41) is 4.94. The Morgan fingerprint density at radius 1 is 0.288 bits per heavy atom. The normalized spacial score (nSPS) is 16.5. The van der Waals surface area contributed by atoms with Crippen molar-refractivity contribution in [1.29, 1.82) is 0 Å². The lowest BCUT2D eigenvalue weighted by Crippen LogP contribution is -2.32. The highest BCUT2D eigenvalue weighted by Gasteiger charge is 2.52. The van der Waals surface area contributed by atoms with Crippen LogP contribution in [0.2, 0.25) is 0 Å². The Hall–Kier alpha value is -7.48. The van der Waals surface area contributed by atoms with Crippen LogP contribution < -0.4 is 4.74 Å². The Kier molecular flexibility index (Phi) is 5.96. The van der Waals surface area contributed by atoms with E-state index in [0.717, 1.165) is 16.9 Å². The zero-order chi connectivity index (χ0) is 38.5. The van der Waals surface area contributed by atoms with E-state index in [4.69, 9.17) is 4.74 Å². The molecular weight excluding hydrogens is 713 g/mol.